The van der Waals surface area contributed by atoms with Crippen LogP contribution in [0.2, 0.25) is 0 Å². The number of anilines is 2. The lowest BCUT2D eigenvalue weighted by atomic mass is 10.2. The fraction of sp³-hybridized carbons (Fsp3) is 0.556. The molecule has 0 saturated carbocycles. The summed E-state index contributed by atoms with van der Waals surface area (Å²) in [5, 5.41) is 12.4. The Balaban J connectivity index is 2.31. The first-order valence-corrected chi connectivity index (χ1v) is 4.71. The number of hydrogen-bond acceptors (Lipinski definition) is 5. The van der Waals surface area contributed by atoms with E-state index in [1.807, 2.05) is 6.92 Å². The summed E-state index contributed by atoms with van der Waals surface area (Å²) in [6.07, 6.45) is 2.64. The predicted molar refractivity (Wildman–Crippen MR) is 55.8 cm³/mol. The third-order valence-electron chi connectivity index (χ3n) is 1.94. The van der Waals surface area contributed by atoms with Crippen LogP contribution in [0.1, 0.15) is 19.8 Å². The minimum atomic E-state index is -0.248. The molecule has 1 atom stereocenters. The minimum absolute atomic E-state index is 0.248. The Hall–Kier alpha value is -1.36. The molecule has 0 saturated heterocycles. The number of aliphatic hydroxyl groups is 1. The maximum atomic E-state index is 9.29. The predicted octanol–water partition coefficient (Wildman–Crippen LogP) is 0.632. The highest BCUT2D eigenvalue weighted by molar-refractivity contribution is 5.42. The standard InChI is InChI=1S/C9H16N4O/c1-2-7(14)3-4-11-9-5-8(10)12-6-13-9/h5-7,14H,2-4H2,1H3,(H3,10,11,12,13). The molecule has 5 nitrogen and oxygen atoms in total. The Morgan fingerprint density at radius 2 is 2.36 bits per heavy atom. The summed E-state index contributed by atoms with van der Waals surface area (Å²) in [4.78, 5) is 7.75. The van der Waals surface area contributed by atoms with Crippen molar-refractivity contribution in [1.82, 2.24) is 9.97 Å². The van der Waals surface area contributed by atoms with Gasteiger partial charge in [0.2, 0.25) is 0 Å². The largest absolute Gasteiger partial charge is 0.393 e. The molecule has 14 heavy (non-hydrogen) atoms. The van der Waals surface area contributed by atoms with Crippen molar-refractivity contribution in [2.75, 3.05) is 17.6 Å². The lowest BCUT2D eigenvalue weighted by Gasteiger charge is -2.08. The summed E-state index contributed by atoms with van der Waals surface area (Å²) in [5.41, 5.74) is 5.48. The van der Waals surface area contributed by atoms with Crippen LogP contribution in [0.15, 0.2) is 12.4 Å². The second-order valence-corrected chi connectivity index (χ2v) is 3.11. The summed E-state index contributed by atoms with van der Waals surface area (Å²) in [6, 6.07) is 1.67. The Bertz CT molecular complexity index is 279. The second kappa shape index (κ2) is 5.39. The van der Waals surface area contributed by atoms with Gasteiger partial charge in [0.1, 0.15) is 18.0 Å². The normalized spacial score (nSPS) is 12.4. The van der Waals surface area contributed by atoms with Crippen molar-refractivity contribution in [3.05, 3.63) is 12.4 Å². The number of aliphatic hydroxyl groups excluding tert-OH is 1. The highest BCUT2D eigenvalue weighted by Gasteiger charge is 2.00. The number of nitrogens with two attached hydrogens (primary N) is 1. The number of aromatic nitrogens is 2. The van der Waals surface area contributed by atoms with E-state index in [2.05, 4.69) is 15.3 Å². The first-order chi connectivity index (χ1) is 6.72. The van der Waals surface area contributed by atoms with Crippen LogP contribution in [0.4, 0.5) is 11.6 Å². The van der Waals surface area contributed by atoms with Crippen LogP contribution < -0.4 is 11.1 Å². The molecule has 1 aromatic heterocycles. The van der Waals surface area contributed by atoms with Gasteiger partial charge in [-0.15, -0.1) is 0 Å². The number of rotatable bonds is 5. The Morgan fingerprint density at radius 1 is 1.57 bits per heavy atom. The molecule has 0 aliphatic rings. The Kier molecular flexibility index (Phi) is 4.12. The van der Waals surface area contributed by atoms with Crippen LogP contribution in [0, 0.1) is 0 Å². The van der Waals surface area contributed by atoms with Crippen molar-refractivity contribution >= 4 is 11.6 Å². The number of nitrogens with one attached hydrogen (secondary N) is 1. The average molecular weight is 196 g/mol. The van der Waals surface area contributed by atoms with E-state index in [4.69, 9.17) is 5.73 Å². The van der Waals surface area contributed by atoms with Gasteiger partial charge in [0, 0.05) is 12.6 Å². The average Bonchev–Trinajstić information content (AvgIpc) is 2.17. The number of nitrogen functional groups attached to an aromatic ring is 1. The molecule has 0 aliphatic carbocycles. The maximum Gasteiger partial charge on any atom is 0.131 e. The van der Waals surface area contributed by atoms with E-state index in [1.165, 1.54) is 6.33 Å². The quantitative estimate of drug-likeness (QED) is 0.643. The molecule has 0 radical (unpaired) electrons. The van der Waals surface area contributed by atoms with Gasteiger partial charge < -0.3 is 16.2 Å². The van der Waals surface area contributed by atoms with Gasteiger partial charge in [-0.3, -0.25) is 0 Å². The van der Waals surface area contributed by atoms with Crippen LogP contribution in [0.25, 0.3) is 0 Å². The van der Waals surface area contributed by atoms with Crippen LogP contribution >= 0.6 is 0 Å². The monoisotopic (exact) mass is 196 g/mol. The van der Waals surface area contributed by atoms with Crippen LogP contribution in [0.5, 0.6) is 0 Å². The van der Waals surface area contributed by atoms with Crippen LogP contribution in [-0.2, 0) is 0 Å². The molecular weight excluding hydrogens is 180 g/mol. The molecule has 0 aliphatic heterocycles. The van der Waals surface area contributed by atoms with Gasteiger partial charge in [-0.1, -0.05) is 6.92 Å². The zero-order valence-electron chi connectivity index (χ0n) is 8.27. The number of hydrogen-bond donors (Lipinski definition) is 3. The first kappa shape index (κ1) is 10.7. The van der Waals surface area contributed by atoms with Gasteiger partial charge in [0.15, 0.2) is 0 Å². The number of nitrogens with zero attached hydrogens (tertiary/aromatic N) is 2. The molecule has 0 aromatic carbocycles. The van der Waals surface area contributed by atoms with Crippen molar-refractivity contribution < 1.29 is 5.11 Å². The highest BCUT2D eigenvalue weighted by atomic mass is 16.3. The zero-order valence-corrected chi connectivity index (χ0v) is 8.27. The van der Waals surface area contributed by atoms with E-state index in [0.29, 0.717) is 24.6 Å². The third kappa shape index (κ3) is 3.57. The fourth-order valence-corrected chi connectivity index (χ4v) is 1.04. The molecule has 0 amide bonds. The van der Waals surface area contributed by atoms with E-state index >= 15 is 0 Å². The van der Waals surface area contributed by atoms with Gasteiger partial charge in [-0.25, -0.2) is 9.97 Å². The summed E-state index contributed by atoms with van der Waals surface area (Å²) >= 11 is 0. The van der Waals surface area contributed by atoms with Gasteiger partial charge in [0.05, 0.1) is 6.10 Å². The van der Waals surface area contributed by atoms with Gasteiger partial charge in [-0.05, 0) is 12.8 Å². The Morgan fingerprint density at radius 3 is 3.00 bits per heavy atom. The van der Waals surface area contributed by atoms with E-state index in [9.17, 15) is 5.11 Å². The molecule has 78 valence electrons. The summed E-state index contributed by atoms with van der Waals surface area (Å²) in [5.74, 6) is 1.14. The molecule has 0 spiro atoms. The highest BCUT2D eigenvalue weighted by Crippen LogP contribution is 2.05. The third-order valence-corrected chi connectivity index (χ3v) is 1.94. The molecule has 0 fully saturated rings. The second-order valence-electron chi connectivity index (χ2n) is 3.11. The molecule has 1 rings (SSSR count). The molecule has 0 bridgehead atoms. The Labute approximate surface area is 83.4 Å². The summed E-state index contributed by atoms with van der Waals surface area (Å²) in [7, 11) is 0. The van der Waals surface area contributed by atoms with Crippen molar-refractivity contribution in [2.24, 2.45) is 0 Å². The van der Waals surface area contributed by atoms with Crippen molar-refractivity contribution in [2.45, 2.75) is 25.9 Å². The first-order valence-electron chi connectivity index (χ1n) is 4.71. The summed E-state index contributed by atoms with van der Waals surface area (Å²) < 4.78 is 0. The van der Waals surface area contributed by atoms with Gasteiger partial charge >= 0.3 is 0 Å². The van der Waals surface area contributed by atoms with Gasteiger partial charge in [0.25, 0.3) is 0 Å². The van der Waals surface area contributed by atoms with Crippen molar-refractivity contribution in [3.63, 3.8) is 0 Å². The lowest BCUT2D eigenvalue weighted by molar-refractivity contribution is 0.164. The SMILES string of the molecule is CCC(O)CCNc1cc(N)ncn1. The fourth-order valence-electron chi connectivity index (χ4n) is 1.04. The minimum Gasteiger partial charge on any atom is -0.393 e. The van der Waals surface area contributed by atoms with E-state index in [-0.39, 0.29) is 6.10 Å². The maximum absolute atomic E-state index is 9.29. The summed E-state index contributed by atoms with van der Waals surface area (Å²) in [6.45, 7) is 2.64. The molecule has 1 unspecified atom stereocenters. The molecule has 5 heteroatoms. The smallest absolute Gasteiger partial charge is 0.131 e. The van der Waals surface area contributed by atoms with Crippen LogP contribution in [-0.4, -0.2) is 27.7 Å². The topological polar surface area (TPSA) is 84.1 Å². The van der Waals surface area contributed by atoms with E-state index < -0.39 is 0 Å². The molecule has 4 N–H and O–H groups in total. The van der Waals surface area contributed by atoms with Crippen molar-refractivity contribution in [1.29, 1.82) is 0 Å². The van der Waals surface area contributed by atoms with Crippen molar-refractivity contribution in [3.8, 4) is 0 Å². The lowest BCUT2D eigenvalue weighted by Crippen LogP contribution is -2.13. The molecule has 1 aromatic rings. The molecule has 1 heterocycles. The van der Waals surface area contributed by atoms with E-state index in [0.717, 1.165) is 6.42 Å². The molecular formula is C9H16N4O. The van der Waals surface area contributed by atoms with Crippen LogP contribution in [0.3, 0.4) is 0 Å². The van der Waals surface area contributed by atoms with E-state index in [1.54, 1.807) is 6.07 Å². The van der Waals surface area contributed by atoms with Gasteiger partial charge in [-0.2, -0.15) is 0 Å². The zero-order chi connectivity index (χ0) is 10.4.